The molecule has 0 saturated heterocycles. The zero-order valence-electron chi connectivity index (χ0n) is 16.8. The van der Waals surface area contributed by atoms with Crippen molar-refractivity contribution < 1.29 is 20.6 Å². The molecule has 0 aromatic carbocycles. The van der Waals surface area contributed by atoms with Crippen molar-refractivity contribution in [3.8, 4) is 0 Å². The molecule has 2 atom stereocenters. The van der Waals surface area contributed by atoms with Crippen LogP contribution in [0.5, 0.6) is 0 Å². The molecule has 2 aromatic heterocycles. The Morgan fingerprint density at radius 1 is 0.963 bits per heavy atom. The number of aromatic nitrogens is 4. The summed E-state index contributed by atoms with van der Waals surface area (Å²) in [6.45, 7) is 13.1. The van der Waals surface area contributed by atoms with Gasteiger partial charge in [0.25, 0.3) is 0 Å². The monoisotopic (exact) mass is 443 g/mol. The van der Waals surface area contributed by atoms with Crippen LogP contribution in [0.1, 0.15) is 71.7 Å². The van der Waals surface area contributed by atoms with E-state index < -0.39 is 0 Å². The van der Waals surface area contributed by atoms with Gasteiger partial charge in [0.05, 0.1) is 11.4 Å². The minimum Gasteiger partial charge on any atom is -0.457 e. The average molecular weight is 444 g/mol. The van der Waals surface area contributed by atoms with Gasteiger partial charge in [-0.1, -0.05) is 53.7 Å². The zero-order chi connectivity index (χ0) is 19.5. The molecule has 3 rings (SSSR count). The van der Waals surface area contributed by atoms with Crippen LogP contribution in [0.15, 0.2) is 36.7 Å². The smallest absolute Gasteiger partial charge is 0.457 e. The van der Waals surface area contributed by atoms with E-state index in [9.17, 15) is 0 Å². The van der Waals surface area contributed by atoms with Gasteiger partial charge in [0.1, 0.15) is 0 Å². The van der Waals surface area contributed by atoms with Gasteiger partial charge in [-0.2, -0.15) is 10.2 Å². The second-order valence-corrected chi connectivity index (χ2v) is 8.57. The summed E-state index contributed by atoms with van der Waals surface area (Å²) >= 11 is 3.66. The molecule has 0 aliphatic carbocycles. The van der Waals surface area contributed by atoms with Crippen LogP contribution in [0.3, 0.4) is 0 Å². The molecule has 1 aliphatic heterocycles. The second-order valence-electron chi connectivity index (χ2n) is 8.57. The molecule has 2 unspecified atom stereocenters. The molecule has 0 radical (unpaired) electrons. The van der Waals surface area contributed by atoms with Crippen molar-refractivity contribution in [2.24, 2.45) is 0 Å². The van der Waals surface area contributed by atoms with Gasteiger partial charge in [-0.15, -0.1) is 0 Å². The first-order valence-corrected chi connectivity index (χ1v) is 10.0. The molecule has 0 fully saturated rings. The van der Waals surface area contributed by atoms with Gasteiger partial charge in [0.15, 0.2) is 0 Å². The van der Waals surface area contributed by atoms with Crippen LogP contribution >= 0.6 is 10.1 Å². The molecule has 2 aromatic rings. The van der Waals surface area contributed by atoms with Gasteiger partial charge in [-0.3, -0.25) is 9.36 Å². The first-order valence-electron chi connectivity index (χ1n) is 8.74. The summed E-state index contributed by atoms with van der Waals surface area (Å²) in [5.74, 6) is 0. The molecule has 0 bridgehead atoms. The van der Waals surface area contributed by atoms with Crippen LogP contribution in [-0.2, 0) is 31.4 Å². The Hall–Kier alpha value is -1.11. The summed E-state index contributed by atoms with van der Waals surface area (Å²) in [5.41, 5.74) is 2.28. The van der Waals surface area contributed by atoms with E-state index in [0.717, 1.165) is 17.8 Å². The van der Waals surface area contributed by atoms with Gasteiger partial charge in [0, 0.05) is 23.2 Å². The van der Waals surface area contributed by atoms with Gasteiger partial charge in [-0.25, -0.2) is 0 Å². The fourth-order valence-corrected chi connectivity index (χ4v) is 2.73. The first-order chi connectivity index (χ1) is 12.1. The van der Waals surface area contributed by atoms with E-state index in [0.29, 0.717) is 0 Å². The van der Waals surface area contributed by atoms with Crippen molar-refractivity contribution in [3.63, 3.8) is 0 Å². The summed E-state index contributed by atoms with van der Waals surface area (Å²) in [6.07, 6.45) is 9.18. The molecule has 0 amide bonds. The van der Waals surface area contributed by atoms with E-state index in [2.05, 4.69) is 91.0 Å². The number of rotatable bonds is 2. The Balaban J connectivity index is 0.00000118. The molecule has 3 N–H and O–H groups in total. The molecule has 8 heteroatoms. The SMILES string of the molecule is CC(C)(C)c1ccn(C2C=CCC(n3ccc(C(C)(C)C)n3)[N-]2)n1.[Cl][Cu+].[OH3+]. The van der Waals surface area contributed by atoms with Crippen molar-refractivity contribution in [1.29, 1.82) is 0 Å². The Kier molecular flexibility index (Phi) is 8.32. The van der Waals surface area contributed by atoms with E-state index in [1.54, 1.807) is 0 Å². The van der Waals surface area contributed by atoms with Gasteiger partial charge in [0.2, 0.25) is 0 Å². The average Bonchev–Trinajstić information content (AvgIpc) is 3.26. The third-order valence-electron chi connectivity index (χ3n) is 4.31. The van der Waals surface area contributed by atoms with Gasteiger partial charge in [-0.05, 0) is 30.9 Å². The number of halogens is 1. The van der Waals surface area contributed by atoms with Crippen LogP contribution in [0.4, 0.5) is 0 Å². The summed E-state index contributed by atoms with van der Waals surface area (Å²) in [5, 5.41) is 14.4. The Morgan fingerprint density at radius 2 is 1.44 bits per heavy atom. The van der Waals surface area contributed by atoms with Gasteiger partial charge >= 0.3 is 25.2 Å². The predicted octanol–water partition coefficient (Wildman–Crippen LogP) is 4.47. The predicted molar refractivity (Wildman–Crippen MR) is 108 cm³/mol. The van der Waals surface area contributed by atoms with Crippen molar-refractivity contribution in [2.75, 3.05) is 0 Å². The first kappa shape index (κ1) is 23.9. The number of hydrogen-bond acceptors (Lipinski definition) is 2. The Morgan fingerprint density at radius 3 is 1.93 bits per heavy atom. The quantitative estimate of drug-likeness (QED) is 0.389. The van der Waals surface area contributed by atoms with Crippen molar-refractivity contribution in [1.82, 2.24) is 19.6 Å². The molecular formula is C19H31ClCuN5O+. The maximum atomic E-state index is 4.93. The molecule has 0 saturated carbocycles. The van der Waals surface area contributed by atoms with Crippen molar-refractivity contribution in [3.05, 3.63) is 53.4 Å². The molecule has 3 heterocycles. The van der Waals surface area contributed by atoms with E-state index in [4.69, 9.17) is 15.5 Å². The van der Waals surface area contributed by atoms with E-state index in [1.807, 2.05) is 21.8 Å². The number of hydrogen-bond donors (Lipinski definition) is 0. The molecule has 27 heavy (non-hydrogen) atoms. The molecule has 6 nitrogen and oxygen atoms in total. The Bertz CT molecular complexity index is 742. The largest absolute Gasteiger partial charge is 0.457 e. The molecule has 155 valence electrons. The van der Waals surface area contributed by atoms with E-state index in [1.165, 1.54) is 0 Å². The van der Waals surface area contributed by atoms with E-state index in [-0.39, 0.29) is 28.6 Å². The summed E-state index contributed by atoms with van der Waals surface area (Å²) in [6, 6.07) is 4.17. The normalized spacial score (nSPS) is 19.9. The van der Waals surface area contributed by atoms with Crippen molar-refractivity contribution >= 4 is 10.1 Å². The van der Waals surface area contributed by atoms with Crippen LogP contribution < -0.4 is 0 Å². The zero-order valence-corrected chi connectivity index (χ0v) is 18.5. The molecule has 1 aliphatic rings. The van der Waals surface area contributed by atoms with Crippen LogP contribution in [0.25, 0.3) is 5.32 Å². The van der Waals surface area contributed by atoms with E-state index >= 15 is 0 Å². The summed E-state index contributed by atoms with van der Waals surface area (Å²) in [4.78, 5) is 0. The van der Waals surface area contributed by atoms with Crippen LogP contribution in [0.2, 0.25) is 0 Å². The summed E-state index contributed by atoms with van der Waals surface area (Å²) in [7, 11) is 4.20. The van der Waals surface area contributed by atoms with Gasteiger partial charge < -0.3 is 10.8 Å². The second kappa shape index (κ2) is 9.39. The van der Waals surface area contributed by atoms with Crippen molar-refractivity contribution in [2.45, 2.75) is 71.1 Å². The third kappa shape index (κ3) is 5.93. The van der Waals surface area contributed by atoms with Crippen LogP contribution in [-0.4, -0.2) is 19.6 Å². The fourth-order valence-electron chi connectivity index (χ4n) is 2.73. The van der Waals surface area contributed by atoms with Crippen LogP contribution in [0, 0.1) is 0 Å². The minimum absolute atomic E-state index is 0. The maximum Gasteiger partial charge on any atom is -0.457 e. The standard InChI is InChI=1S/C19H28N5.ClH.Cu.H2O/c1-18(2,3)14-10-12-23(21-14)16-8-7-9-17(20-16)24-13-11-15(22-24)19(4,5)6;;;/h7-8,10-13,16-17H,9H2,1-6H3;1H;;1H2/q-1;;+2;. The fraction of sp³-hybridized carbons (Fsp3) is 0.579. The molecule has 0 spiro atoms. The Labute approximate surface area is 174 Å². The maximum absolute atomic E-state index is 4.93. The third-order valence-corrected chi connectivity index (χ3v) is 4.31. The number of nitrogens with zero attached hydrogens (tertiary/aromatic N) is 5. The summed E-state index contributed by atoms with van der Waals surface area (Å²) < 4.78 is 3.92. The minimum atomic E-state index is -0.0675. The molecular weight excluding hydrogens is 413 g/mol. The topological polar surface area (TPSA) is 82.7 Å².